The number of nitrogens with zero attached hydrogens (tertiary/aromatic N) is 5. The Kier molecular flexibility index (Phi) is 6.55. The van der Waals surface area contributed by atoms with E-state index < -0.39 is 0 Å². The van der Waals surface area contributed by atoms with Crippen LogP contribution in [0.4, 0.5) is 5.69 Å². The van der Waals surface area contributed by atoms with E-state index in [4.69, 9.17) is 4.74 Å². The topological polar surface area (TPSA) is 94.7 Å². The normalized spacial score (nSPS) is 16.4. The van der Waals surface area contributed by atoms with Crippen molar-refractivity contribution in [3.05, 3.63) is 47.0 Å². The molecule has 32 heavy (non-hydrogen) atoms. The lowest BCUT2D eigenvalue weighted by molar-refractivity contribution is -0.130. The van der Waals surface area contributed by atoms with E-state index in [0.29, 0.717) is 30.4 Å². The molecule has 0 spiro atoms. The largest absolute Gasteiger partial charge is 0.467 e. The van der Waals surface area contributed by atoms with E-state index in [2.05, 4.69) is 19.9 Å². The molecule has 1 N–H and O–H groups in total. The lowest BCUT2D eigenvalue weighted by atomic mass is 10.0. The summed E-state index contributed by atoms with van der Waals surface area (Å²) in [5.74, 6) is 0.618. The Morgan fingerprint density at radius 1 is 1.34 bits per heavy atom. The van der Waals surface area contributed by atoms with Crippen LogP contribution < -0.4 is 15.2 Å². The molecule has 1 aliphatic carbocycles. The predicted molar refractivity (Wildman–Crippen MR) is 123 cm³/mol. The van der Waals surface area contributed by atoms with Gasteiger partial charge in [-0.1, -0.05) is 6.08 Å². The first-order chi connectivity index (χ1) is 15.4. The van der Waals surface area contributed by atoms with Crippen LogP contribution in [0.15, 0.2) is 41.5 Å². The third kappa shape index (κ3) is 5.16. The van der Waals surface area contributed by atoms with Crippen LogP contribution in [0.3, 0.4) is 0 Å². The molecule has 0 atom stereocenters. The van der Waals surface area contributed by atoms with Crippen LogP contribution in [0, 0.1) is 5.92 Å². The molecule has 1 saturated heterocycles. The van der Waals surface area contributed by atoms with Gasteiger partial charge in [0.15, 0.2) is 0 Å². The van der Waals surface area contributed by atoms with Crippen molar-refractivity contribution in [2.45, 2.75) is 18.9 Å². The van der Waals surface area contributed by atoms with Gasteiger partial charge in [-0.2, -0.15) is 4.98 Å². The molecule has 1 saturated carbocycles. The van der Waals surface area contributed by atoms with Crippen LogP contribution in [0.1, 0.15) is 12.8 Å². The first-order valence-corrected chi connectivity index (χ1v) is 10.9. The number of likely N-dealkylation sites (tertiary alicyclic amines) is 1. The zero-order valence-electron chi connectivity index (χ0n) is 18.8. The maximum Gasteiger partial charge on any atom is 0.316 e. The fourth-order valence-electron chi connectivity index (χ4n) is 3.76. The molecule has 9 nitrogen and oxygen atoms in total. The number of aromatic amines is 1. The Hall–Kier alpha value is -3.20. The highest BCUT2D eigenvalue weighted by atomic mass is 16.5. The summed E-state index contributed by atoms with van der Waals surface area (Å²) in [4.78, 5) is 42.5. The lowest BCUT2D eigenvalue weighted by Crippen LogP contribution is -2.62. The van der Waals surface area contributed by atoms with Crippen molar-refractivity contribution in [1.29, 1.82) is 0 Å². The SMILES string of the molecule is COc1nccc(-c2c[nH]c(=O)c(N(CC3CC3)C3CN(C(=O)C=CCN(C)C)C3)c2)n1. The van der Waals surface area contributed by atoms with Crippen LogP contribution in [0.2, 0.25) is 0 Å². The number of anilines is 1. The third-order valence-electron chi connectivity index (χ3n) is 5.80. The molecule has 2 aromatic heterocycles. The molecule has 0 radical (unpaired) electrons. The fourth-order valence-corrected chi connectivity index (χ4v) is 3.76. The van der Waals surface area contributed by atoms with E-state index in [0.717, 1.165) is 18.7 Å². The number of rotatable bonds is 9. The number of aromatic nitrogens is 3. The molecule has 9 heteroatoms. The average Bonchev–Trinajstić information content (AvgIpc) is 3.56. The molecule has 4 rings (SSSR count). The summed E-state index contributed by atoms with van der Waals surface area (Å²) in [7, 11) is 5.45. The van der Waals surface area contributed by atoms with Crippen LogP contribution >= 0.6 is 0 Å². The van der Waals surface area contributed by atoms with Crippen LogP contribution in [-0.2, 0) is 4.79 Å². The van der Waals surface area contributed by atoms with Gasteiger partial charge < -0.3 is 24.4 Å². The van der Waals surface area contributed by atoms with Gasteiger partial charge in [0.2, 0.25) is 5.91 Å². The lowest BCUT2D eigenvalue weighted by Gasteiger charge is -2.46. The van der Waals surface area contributed by atoms with E-state index in [1.165, 1.54) is 20.0 Å². The van der Waals surface area contributed by atoms with Gasteiger partial charge in [0.05, 0.1) is 18.8 Å². The zero-order chi connectivity index (χ0) is 22.7. The van der Waals surface area contributed by atoms with E-state index in [1.54, 1.807) is 24.5 Å². The summed E-state index contributed by atoms with van der Waals surface area (Å²) in [5.41, 5.74) is 1.95. The average molecular weight is 439 g/mol. The highest BCUT2D eigenvalue weighted by Gasteiger charge is 2.37. The van der Waals surface area contributed by atoms with E-state index in [9.17, 15) is 9.59 Å². The van der Waals surface area contributed by atoms with E-state index in [1.807, 2.05) is 36.0 Å². The Labute approximate surface area is 187 Å². The minimum Gasteiger partial charge on any atom is -0.467 e. The van der Waals surface area contributed by atoms with E-state index >= 15 is 0 Å². The maximum atomic E-state index is 12.8. The van der Waals surface area contributed by atoms with Crippen LogP contribution in [0.5, 0.6) is 6.01 Å². The van der Waals surface area contributed by atoms with Gasteiger partial charge in [-0.25, -0.2) is 4.98 Å². The van der Waals surface area contributed by atoms with Gasteiger partial charge in [-0.3, -0.25) is 9.59 Å². The van der Waals surface area contributed by atoms with Gasteiger partial charge in [-0.15, -0.1) is 0 Å². The highest BCUT2D eigenvalue weighted by molar-refractivity contribution is 5.88. The van der Waals surface area contributed by atoms with Crippen molar-refractivity contribution in [3.8, 4) is 17.3 Å². The first-order valence-electron chi connectivity index (χ1n) is 10.9. The number of pyridine rings is 1. The van der Waals surface area contributed by atoms with Crippen molar-refractivity contribution in [2.75, 3.05) is 52.3 Å². The number of hydrogen-bond acceptors (Lipinski definition) is 7. The Bertz CT molecular complexity index is 1040. The maximum absolute atomic E-state index is 12.8. The van der Waals surface area contributed by atoms with Gasteiger partial charge in [-0.05, 0) is 45.0 Å². The monoisotopic (exact) mass is 438 g/mol. The molecule has 1 amide bonds. The number of amides is 1. The second-order valence-corrected chi connectivity index (χ2v) is 8.69. The molecule has 0 bridgehead atoms. The zero-order valence-corrected chi connectivity index (χ0v) is 18.8. The number of likely N-dealkylation sites (N-methyl/N-ethyl adjacent to an activating group) is 1. The molecule has 3 heterocycles. The molecule has 2 fully saturated rings. The first kappa shape index (κ1) is 22.0. The summed E-state index contributed by atoms with van der Waals surface area (Å²) in [6.07, 6.45) is 9.17. The van der Waals surface area contributed by atoms with Crippen molar-refractivity contribution in [2.24, 2.45) is 5.92 Å². The second-order valence-electron chi connectivity index (χ2n) is 8.69. The van der Waals surface area contributed by atoms with Gasteiger partial charge >= 0.3 is 6.01 Å². The minimum absolute atomic E-state index is 0.0187. The van der Waals surface area contributed by atoms with Crippen molar-refractivity contribution in [3.63, 3.8) is 0 Å². The van der Waals surface area contributed by atoms with E-state index in [-0.39, 0.29) is 23.5 Å². The second kappa shape index (κ2) is 9.52. The summed E-state index contributed by atoms with van der Waals surface area (Å²) in [6, 6.07) is 4.07. The van der Waals surface area contributed by atoms with Gasteiger partial charge in [0.25, 0.3) is 5.56 Å². The van der Waals surface area contributed by atoms with Crippen molar-refractivity contribution >= 4 is 11.6 Å². The third-order valence-corrected chi connectivity index (χ3v) is 5.80. The Morgan fingerprint density at radius 2 is 2.12 bits per heavy atom. The highest BCUT2D eigenvalue weighted by Crippen LogP contribution is 2.33. The molecule has 2 aliphatic rings. The fraction of sp³-hybridized carbons (Fsp3) is 0.478. The van der Waals surface area contributed by atoms with Crippen molar-refractivity contribution in [1.82, 2.24) is 24.8 Å². The molecule has 170 valence electrons. The molecule has 0 unspecified atom stereocenters. The number of methoxy groups -OCH3 is 1. The summed E-state index contributed by atoms with van der Waals surface area (Å²) in [6.45, 7) is 2.78. The number of hydrogen-bond donors (Lipinski definition) is 1. The number of ether oxygens (including phenoxy) is 1. The summed E-state index contributed by atoms with van der Waals surface area (Å²) < 4.78 is 5.13. The number of carbonyl (C=O) groups excluding carboxylic acids is 1. The molecular formula is C23H30N6O3. The number of nitrogens with one attached hydrogen (secondary N) is 1. The number of H-pyrrole nitrogens is 1. The van der Waals surface area contributed by atoms with Crippen LogP contribution in [0.25, 0.3) is 11.3 Å². The minimum atomic E-state index is -0.133. The quantitative estimate of drug-likeness (QED) is 0.591. The standard InChI is InChI=1S/C23H30N6O3/c1-27(2)10-4-5-21(30)28-14-18(15-28)29(13-16-6-7-16)20-11-17(12-25-22(20)31)19-8-9-24-23(26-19)32-3/h4-5,8-9,11-12,16,18H,6-7,10,13-15H2,1-3H3,(H,25,31). The number of carbonyl (C=O) groups is 1. The molecular weight excluding hydrogens is 408 g/mol. The van der Waals surface area contributed by atoms with Gasteiger partial charge in [0, 0.05) is 50.2 Å². The molecule has 2 aromatic rings. The van der Waals surface area contributed by atoms with Crippen molar-refractivity contribution < 1.29 is 9.53 Å². The predicted octanol–water partition coefficient (Wildman–Crippen LogP) is 1.39. The molecule has 1 aliphatic heterocycles. The van der Waals surface area contributed by atoms with Gasteiger partial charge in [0.1, 0.15) is 5.69 Å². The Morgan fingerprint density at radius 3 is 2.81 bits per heavy atom. The Balaban J connectivity index is 1.52. The summed E-state index contributed by atoms with van der Waals surface area (Å²) in [5, 5.41) is 0. The van der Waals surface area contributed by atoms with Crippen LogP contribution in [-0.4, -0.2) is 84.1 Å². The molecule has 0 aromatic carbocycles. The smallest absolute Gasteiger partial charge is 0.316 e. The summed E-state index contributed by atoms with van der Waals surface area (Å²) >= 11 is 0.